The van der Waals surface area contributed by atoms with Crippen molar-refractivity contribution in [1.82, 2.24) is 20.0 Å². The molecule has 0 bridgehead atoms. The van der Waals surface area contributed by atoms with Crippen molar-refractivity contribution >= 4 is 11.7 Å². The van der Waals surface area contributed by atoms with Crippen LogP contribution in [0.5, 0.6) is 0 Å². The number of aromatic nitrogens is 3. The summed E-state index contributed by atoms with van der Waals surface area (Å²) in [5.41, 5.74) is 0.859. The average molecular weight is 412 g/mol. The fourth-order valence-electron chi connectivity index (χ4n) is 4.56. The molecule has 0 unspecified atom stereocenters. The molecule has 2 aromatic heterocycles. The van der Waals surface area contributed by atoms with E-state index in [2.05, 4.69) is 20.0 Å². The van der Waals surface area contributed by atoms with Crippen LogP contribution < -0.4 is 4.90 Å². The summed E-state index contributed by atoms with van der Waals surface area (Å²) in [4.78, 5) is 26.2. The number of hydrogen-bond donors (Lipinski definition) is 0. The molecule has 0 aromatic carbocycles. The van der Waals surface area contributed by atoms with Gasteiger partial charge in [-0.25, -0.2) is 4.98 Å². The molecule has 1 aliphatic heterocycles. The quantitative estimate of drug-likeness (QED) is 0.707. The highest BCUT2D eigenvalue weighted by Crippen LogP contribution is 2.30. The summed E-state index contributed by atoms with van der Waals surface area (Å²) < 4.78 is 5.52. The fraction of sp³-hybridized carbons (Fsp3) is 0.652. The van der Waals surface area contributed by atoms with Crippen molar-refractivity contribution in [1.29, 1.82) is 0 Å². The Labute approximate surface area is 178 Å². The van der Waals surface area contributed by atoms with Gasteiger partial charge in [-0.15, -0.1) is 0 Å². The summed E-state index contributed by atoms with van der Waals surface area (Å²) in [6.45, 7) is 7.28. The lowest BCUT2D eigenvalue weighted by molar-refractivity contribution is -0.131. The van der Waals surface area contributed by atoms with Crippen LogP contribution in [0.25, 0.3) is 11.5 Å². The van der Waals surface area contributed by atoms with E-state index in [4.69, 9.17) is 4.52 Å². The van der Waals surface area contributed by atoms with E-state index in [0.29, 0.717) is 24.0 Å². The van der Waals surface area contributed by atoms with Crippen LogP contribution in [0.2, 0.25) is 0 Å². The van der Waals surface area contributed by atoms with Gasteiger partial charge in [0.05, 0.1) is 5.56 Å². The molecule has 0 spiro atoms. The van der Waals surface area contributed by atoms with E-state index in [1.165, 1.54) is 25.7 Å². The molecule has 0 N–H and O–H groups in total. The molecule has 4 rings (SSSR count). The second kappa shape index (κ2) is 9.58. The monoisotopic (exact) mass is 411 g/mol. The van der Waals surface area contributed by atoms with Crippen LogP contribution in [0.1, 0.15) is 70.5 Å². The van der Waals surface area contributed by atoms with Crippen LogP contribution in [0, 0.1) is 5.92 Å². The summed E-state index contributed by atoms with van der Waals surface area (Å²) in [5, 5.41) is 4.10. The van der Waals surface area contributed by atoms with E-state index in [1.54, 1.807) is 6.20 Å². The largest absolute Gasteiger partial charge is 0.354 e. The molecule has 2 fully saturated rings. The predicted octanol–water partition coefficient (Wildman–Crippen LogP) is 4.26. The maximum absolute atomic E-state index is 12.8. The molecule has 1 aliphatic carbocycles. The van der Waals surface area contributed by atoms with E-state index in [-0.39, 0.29) is 5.92 Å². The molecule has 7 heteroatoms. The molecule has 2 aliphatic rings. The molecule has 1 saturated carbocycles. The molecule has 30 heavy (non-hydrogen) atoms. The van der Waals surface area contributed by atoms with Crippen LogP contribution in [-0.2, 0) is 4.79 Å². The number of rotatable bonds is 6. The number of amides is 1. The summed E-state index contributed by atoms with van der Waals surface area (Å²) >= 11 is 0. The number of pyridine rings is 1. The van der Waals surface area contributed by atoms with Crippen molar-refractivity contribution in [2.24, 2.45) is 5.92 Å². The van der Waals surface area contributed by atoms with Gasteiger partial charge in [0, 0.05) is 44.7 Å². The van der Waals surface area contributed by atoms with E-state index in [9.17, 15) is 4.79 Å². The smallest absolute Gasteiger partial charge is 0.261 e. The number of nitrogens with zero attached hydrogens (tertiary/aromatic N) is 5. The van der Waals surface area contributed by atoms with Gasteiger partial charge in [0.15, 0.2) is 5.82 Å². The maximum Gasteiger partial charge on any atom is 0.261 e. The maximum atomic E-state index is 12.8. The van der Waals surface area contributed by atoms with E-state index < -0.39 is 0 Å². The summed E-state index contributed by atoms with van der Waals surface area (Å²) in [5.74, 6) is 3.36. The van der Waals surface area contributed by atoms with Gasteiger partial charge in [0.2, 0.25) is 5.91 Å². The van der Waals surface area contributed by atoms with Crippen molar-refractivity contribution in [3.8, 4) is 11.5 Å². The van der Waals surface area contributed by atoms with Gasteiger partial charge in [-0.05, 0) is 30.9 Å². The Bertz CT molecular complexity index is 844. The Kier molecular flexibility index (Phi) is 6.65. The van der Waals surface area contributed by atoms with E-state index in [0.717, 1.165) is 56.3 Å². The number of carbonyl (C=O) groups is 1. The third-order valence-corrected chi connectivity index (χ3v) is 6.36. The lowest BCUT2D eigenvalue weighted by atomic mass is 10.0. The molecular weight excluding hydrogens is 378 g/mol. The lowest BCUT2D eigenvalue weighted by Crippen LogP contribution is -2.35. The Morgan fingerprint density at radius 2 is 2.00 bits per heavy atom. The Morgan fingerprint density at radius 1 is 1.17 bits per heavy atom. The van der Waals surface area contributed by atoms with Gasteiger partial charge in [-0.2, -0.15) is 4.98 Å². The van der Waals surface area contributed by atoms with Gasteiger partial charge >= 0.3 is 0 Å². The first kappa shape index (κ1) is 20.8. The van der Waals surface area contributed by atoms with Crippen LogP contribution >= 0.6 is 0 Å². The minimum absolute atomic E-state index is 0.213. The van der Waals surface area contributed by atoms with Gasteiger partial charge in [0.25, 0.3) is 5.89 Å². The SMILES string of the molecule is CC(C)c1noc(-c2cccnc2N2CCCN(C(=O)CCC3CCCC3)CC2)n1. The first-order valence-corrected chi connectivity index (χ1v) is 11.4. The summed E-state index contributed by atoms with van der Waals surface area (Å²) in [6, 6.07) is 3.88. The Morgan fingerprint density at radius 3 is 2.77 bits per heavy atom. The van der Waals surface area contributed by atoms with E-state index >= 15 is 0 Å². The predicted molar refractivity (Wildman–Crippen MR) is 116 cm³/mol. The van der Waals surface area contributed by atoms with Crippen molar-refractivity contribution in [2.75, 3.05) is 31.1 Å². The Balaban J connectivity index is 1.41. The minimum Gasteiger partial charge on any atom is -0.354 e. The molecular formula is C23H33N5O2. The summed E-state index contributed by atoms with van der Waals surface area (Å²) in [6.07, 6.45) is 9.76. The first-order chi connectivity index (χ1) is 14.6. The molecule has 0 radical (unpaired) electrons. The summed E-state index contributed by atoms with van der Waals surface area (Å²) in [7, 11) is 0. The lowest BCUT2D eigenvalue weighted by Gasteiger charge is -2.24. The van der Waals surface area contributed by atoms with Crippen LogP contribution in [0.3, 0.4) is 0 Å². The van der Waals surface area contributed by atoms with Crippen LogP contribution in [0.4, 0.5) is 5.82 Å². The zero-order valence-electron chi connectivity index (χ0n) is 18.2. The molecule has 7 nitrogen and oxygen atoms in total. The van der Waals surface area contributed by atoms with Crippen LogP contribution in [0.15, 0.2) is 22.9 Å². The molecule has 3 heterocycles. The second-order valence-electron chi connectivity index (χ2n) is 8.90. The van der Waals surface area contributed by atoms with Crippen molar-refractivity contribution < 1.29 is 9.32 Å². The molecule has 1 saturated heterocycles. The van der Waals surface area contributed by atoms with Gasteiger partial charge in [0.1, 0.15) is 5.82 Å². The molecule has 1 amide bonds. The molecule has 162 valence electrons. The average Bonchev–Trinajstić information content (AvgIpc) is 3.40. The Hall–Kier alpha value is -2.44. The zero-order valence-corrected chi connectivity index (χ0v) is 18.2. The molecule has 2 aromatic rings. The fourth-order valence-corrected chi connectivity index (χ4v) is 4.56. The van der Waals surface area contributed by atoms with Gasteiger partial charge < -0.3 is 14.3 Å². The van der Waals surface area contributed by atoms with Gasteiger partial charge in [-0.1, -0.05) is 44.7 Å². The zero-order chi connectivity index (χ0) is 20.9. The molecule has 0 atom stereocenters. The minimum atomic E-state index is 0.213. The first-order valence-electron chi connectivity index (χ1n) is 11.4. The van der Waals surface area contributed by atoms with E-state index in [1.807, 2.05) is 30.9 Å². The highest BCUT2D eigenvalue weighted by molar-refractivity contribution is 5.76. The second-order valence-corrected chi connectivity index (χ2v) is 8.90. The highest BCUT2D eigenvalue weighted by Gasteiger charge is 2.24. The third-order valence-electron chi connectivity index (χ3n) is 6.36. The van der Waals surface area contributed by atoms with Crippen LogP contribution in [-0.4, -0.2) is 52.1 Å². The highest BCUT2D eigenvalue weighted by atomic mass is 16.5. The standard InChI is InChI=1S/C23H33N5O2/c1-17(2)21-25-23(30-26-21)19-9-5-12-24-22(19)28-14-6-13-27(15-16-28)20(29)11-10-18-7-3-4-8-18/h5,9,12,17-18H,3-4,6-8,10-11,13-16H2,1-2H3. The number of anilines is 1. The van der Waals surface area contributed by atoms with Gasteiger partial charge in [-0.3, -0.25) is 4.79 Å². The number of hydrogen-bond acceptors (Lipinski definition) is 6. The van der Waals surface area contributed by atoms with Crippen molar-refractivity contribution in [3.63, 3.8) is 0 Å². The third kappa shape index (κ3) is 4.82. The topological polar surface area (TPSA) is 75.4 Å². The normalized spacial score (nSPS) is 18.2. The van der Waals surface area contributed by atoms with Crippen molar-refractivity contribution in [3.05, 3.63) is 24.2 Å². The number of carbonyl (C=O) groups excluding carboxylic acids is 1. The van der Waals surface area contributed by atoms with Crippen molar-refractivity contribution in [2.45, 2.75) is 64.7 Å².